The highest BCUT2D eigenvalue weighted by molar-refractivity contribution is 5.95. The normalized spacial score (nSPS) is 10.7. The quantitative estimate of drug-likeness (QED) is 0.766. The Balaban J connectivity index is 1.73. The molecule has 0 fully saturated rings. The fraction of sp³-hybridized carbons (Fsp3) is 0.200. The third-order valence-electron chi connectivity index (χ3n) is 4.22. The number of anilines is 1. The van der Waals surface area contributed by atoms with Crippen molar-refractivity contribution >= 4 is 22.5 Å². The second kappa shape index (κ2) is 6.81. The lowest BCUT2D eigenvalue weighted by Gasteiger charge is -2.10. The molecule has 5 nitrogen and oxygen atoms in total. The molecule has 0 unspecified atom stereocenters. The summed E-state index contributed by atoms with van der Waals surface area (Å²) in [5.41, 5.74) is 3.92. The second-order valence-corrected chi connectivity index (χ2v) is 6.12. The number of aryl methyl sites for hydroxylation is 2. The maximum Gasteiger partial charge on any atom is 0.262 e. The number of pyridine rings is 1. The van der Waals surface area contributed by atoms with Crippen LogP contribution in [0.4, 0.5) is 5.69 Å². The number of fused-ring (bicyclic) bond motifs is 1. The standard InChI is InChI=1S/C20H20N2O3/c1-12-5-4-6-16(9-12)25-11-19(23)21-15-7-8-17-13(2)14(3)20(24)22-18(17)10-15/h4-10H,11H2,1-3H3,(H,21,23)(H,22,24). The highest BCUT2D eigenvalue weighted by Crippen LogP contribution is 2.21. The van der Waals surface area contributed by atoms with Crippen molar-refractivity contribution in [2.45, 2.75) is 20.8 Å². The molecule has 0 bridgehead atoms. The molecule has 5 heteroatoms. The van der Waals surface area contributed by atoms with Crippen LogP contribution in [0.15, 0.2) is 47.3 Å². The van der Waals surface area contributed by atoms with Crippen LogP contribution < -0.4 is 15.6 Å². The summed E-state index contributed by atoms with van der Waals surface area (Å²) >= 11 is 0. The molecule has 128 valence electrons. The van der Waals surface area contributed by atoms with Crippen LogP contribution in [0.5, 0.6) is 5.75 Å². The van der Waals surface area contributed by atoms with Crippen molar-refractivity contribution in [2.75, 3.05) is 11.9 Å². The first-order chi connectivity index (χ1) is 11.9. The van der Waals surface area contributed by atoms with Gasteiger partial charge in [0.15, 0.2) is 6.61 Å². The fourth-order valence-corrected chi connectivity index (χ4v) is 2.69. The minimum atomic E-state index is -0.257. The number of aromatic amines is 1. The number of aromatic nitrogens is 1. The number of amides is 1. The van der Waals surface area contributed by atoms with Gasteiger partial charge < -0.3 is 15.0 Å². The molecule has 3 rings (SSSR count). The molecule has 1 heterocycles. The van der Waals surface area contributed by atoms with Crippen molar-refractivity contribution in [1.29, 1.82) is 0 Å². The summed E-state index contributed by atoms with van der Waals surface area (Å²) < 4.78 is 5.49. The van der Waals surface area contributed by atoms with Gasteiger partial charge in [-0.3, -0.25) is 9.59 Å². The zero-order valence-corrected chi connectivity index (χ0v) is 14.5. The van der Waals surface area contributed by atoms with Crippen molar-refractivity contribution < 1.29 is 9.53 Å². The first kappa shape index (κ1) is 16.8. The average Bonchev–Trinajstić information content (AvgIpc) is 2.58. The first-order valence-electron chi connectivity index (χ1n) is 8.06. The van der Waals surface area contributed by atoms with Crippen molar-refractivity contribution in [1.82, 2.24) is 4.98 Å². The van der Waals surface area contributed by atoms with Gasteiger partial charge in [0, 0.05) is 16.6 Å². The number of H-pyrrole nitrogens is 1. The van der Waals surface area contributed by atoms with E-state index < -0.39 is 0 Å². The van der Waals surface area contributed by atoms with E-state index in [0.29, 0.717) is 22.5 Å². The van der Waals surface area contributed by atoms with Gasteiger partial charge in [-0.15, -0.1) is 0 Å². The Morgan fingerprint density at radius 1 is 1.08 bits per heavy atom. The van der Waals surface area contributed by atoms with E-state index in [0.717, 1.165) is 16.5 Å². The molecule has 0 spiro atoms. The second-order valence-electron chi connectivity index (χ2n) is 6.12. The number of hydrogen-bond donors (Lipinski definition) is 2. The number of hydrogen-bond acceptors (Lipinski definition) is 3. The monoisotopic (exact) mass is 336 g/mol. The maximum absolute atomic E-state index is 12.1. The molecule has 0 radical (unpaired) electrons. The van der Waals surface area contributed by atoms with Crippen molar-refractivity contribution in [3.05, 3.63) is 69.5 Å². The SMILES string of the molecule is Cc1cccc(OCC(=O)Nc2ccc3c(C)c(C)c(=O)[nH]c3c2)c1. The third-order valence-corrected chi connectivity index (χ3v) is 4.22. The molecule has 1 aromatic heterocycles. The number of carbonyl (C=O) groups excluding carboxylic acids is 1. The predicted molar refractivity (Wildman–Crippen MR) is 99.3 cm³/mol. The highest BCUT2D eigenvalue weighted by atomic mass is 16.5. The van der Waals surface area contributed by atoms with Gasteiger partial charge in [0.05, 0.1) is 5.52 Å². The summed E-state index contributed by atoms with van der Waals surface area (Å²) in [5, 5.41) is 3.75. The highest BCUT2D eigenvalue weighted by Gasteiger charge is 2.08. The number of rotatable bonds is 4. The Bertz CT molecular complexity index is 1010. The van der Waals surface area contributed by atoms with Crippen LogP contribution in [-0.4, -0.2) is 17.5 Å². The summed E-state index contributed by atoms with van der Waals surface area (Å²) in [6.07, 6.45) is 0. The summed E-state index contributed by atoms with van der Waals surface area (Å²) in [5.74, 6) is 0.399. The van der Waals surface area contributed by atoms with Crippen LogP contribution in [0, 0.1) is 20.8 Å². The third kappa shape index (κ3) is 3.71. The predicted octanol–water partition coefficient (Wildman–Crippen LogP) is 3.47. The zero-order valence-electron chi connectivity index (χ0n) is 14.5. The van der Waals surface area contributed by atoms with Crippen LogP contribution in [-0.2, 0) is 4.79 Å². The minimum absolute atomic E-state index is 0.0784. The van der Waals surface area contributed by atoms with Gasteiger partial charge in [-0.2, -0.15) is 0 Å². The van der Waals surface area contributed by atoms with Gasteiger partial charge in [0.25, 0.3) is 11.5 Å². The first-order valence-corrected chi connectivity index (χ1v) is 8.06. The number of benzene rings is 2. The molecule has 0 aliphatic carbocycles. The Morgan fingerprint density at radius 2 is 1.88 bits per heavy atom. The van der Waals surface area contributed by atoms with Crippen molar-refractivity contribution in [2.24, 2.45) is 0 Å². The Hall–Kier alpha value is -3.08. The van der Waals surface area contributed by atoms with Gasteiger partial charge in [-0.25, -0.2) is 0 Å². The summed E-state index contributed by atoms with van der Waals surface area (Å²) in [6.45, 7) is 5.60. The molecule has 25 heavy (non-hydrogen) atoms. The number of ether oxygens (including phenoxy) is 1. The van der Waals surface area contributed by atoms with Crippen LogP contribution in [0.1, 0.15) is 16.7 Å². The van der Waals surface area contributed by atoms with Crippen LogP contribution in [0.3, 0.4) is 0 Å². The van der Waals surface area contributed by atoms with E-state index in [-0.39, 0.29) is 18.1 Å². The van der Waals surface area contributed by atoms with E-state index in [9.17, 15) is 9.59 Å². The van der Waals surface area contributed by atoms with Gasteiger partial charge in [0.2, 0.25) is 0 Å². The maximum atomic E-state index is 12.1. The summed E-state index contributed by atoms with van der Waals surface area (Å²) in [7, 11) is 0. The molecule has 0 saturated carbocycles. The van der Waals surface area contributed by atoms with Gasteiger partial charge >= 0.3 is 0 Å². The minimum Gasteiger partial charge on any atom is -0.484 e. The average molecular weight is 336 g/mol. The Morgan fingerprint density at radius 3 is 2.64 bits per heavy atom. The molecular formula is C20H20N2O3. The lowest BCUT2D eigenvalue weighted by molar-refractivity contribution is -0.118. The molecule has 0 aliphatic rings. The molecule has 2 N–H and O–H groups in total. The topological polar surface area (TPSA) is 71.2 Å². The van der Waals surface area contributed by atoms with E-state index in [2.05, 4.69) is 10.3 Å². The lowest BCUT2D eigenvalue weighted by atomic mass is 10.1. The lowest BCUT2D eigenvalue weighted by Crippen LogP contribution is -2.20. The van der Waals surface area contributed by atoms with Crippen molar-refractivity contribution in [3.8, 4) is 5.75 Å². The van der Waals surface area contributed by atoms with Crippen LogP contribution in [0.2, 0.25) is 0 Å². The molecule has 1 amide bonds. The van der Waals surface area contributed by atoms with Crippen LogP contribution in [0.25, 0.3) is 10.9 Å². The largest absolute Gasteiger partial charge is 0.484 e. The summed E-state index contributed by atoms with van der Waals surface area (Å²) in [6, 6.07) is 13.0. The van der Waals surface area contributed by atoms with E-state index in [1.54, 1.807) is 13.0 Å². The van der Waals surface area contributed by atoms with Gasteiger partial charge in [0.1, 0.15) is 5.75 Å². The van der Waals surface area contributed by atoms with Gasteiger partial charge in [-0.05, 0) is 56.2 Å². The molecule has 3 aromatic rings. The zero-order chi connectivity index (χ0) is 18.0. The number of carbonyl (C=O) groups is 1. The summed E-state index contributed by atoms with van der Waals surface area (Å²) in [4.78, 5) is 26.8. The fourth-order valence-electron chi connectivity index (χ4n) is 2.69. The molecule has 0 saturated heterocycles. The smallest absolute Gasteiger partial charge is 0.262 e. The van der Waals surface area contributed by atoms with Gasteiger partial charge in [-0.1, -0.05) is 18.2 Å². The molecule has 0 atom stereocenters. The van der Waals surface area contributed by atoms with Crippen LogP contribution >= 0.6 is 0 Å². The van der Waals surface area contributed by atoms with E-state index in [4.69, 9.17) is 4.74 Å². The molecular weight excluding hydrogens is 316 g/mol. The Kier molecular flexibility index (Phi) is 4.57. The Labute approximate surface area is 145 Å². The van der Waals surface area contributed by atoms with E-state index in [1.165, 1.54) is 0 Å². The van der Waals surface area contributed by atoms with Crippen molar-refractivity contribution in [3.63, 3.8) is 0 Å². The van der Waals surface area contributed by atoms with E-state index in [1.807, 2.05) is 50.2 Å². The molecule has 0 aliphatic heterocycles. The number of nitrogens with one attached hydrogen (secondary N) is 2. The van der Waals surface area contributed by atoms with E-state index >= 15 is 0 Å². The molecule has 2 aromatic carbocycles.